The summed E-state index contributed by atoms with van der Waals surface area (Å²) in [6.45, 7) is 2.40. The molecule has 1 aromatic carbocycles. The third kappa shape index (κ3) is 2.75. The minimum atomic E-state index is -3.38. The van der Waals surface area contributed by atoms with Crippen LogP contribution in [0.25, 0.3) is 0 Å². The maximum atomic E-state index is 12.5. The van der Waals surface area contributed by atoms with Crippen molar-refractivity contribution in [2.45, 2.75) is 30.7 Å². The normalized spacial score (nSPS) is 16.5. The molecule has 1 fully saturated rings. The molecule has 0 radical (unpaired) electrons. The van der Waals surface area contributed by atoms with Crippen LogP contribution in [0.3, 0.4) is 0 Å². The summed E-state index contributed by atoms with van der Waals surface area (Å²) < 4.78 is 27.9. The average Bonchev–Trinajstić information content (AvgIpc) is 3.06. The van der Waals surface area contributed by atoms with Gasteiger partial charge in [-0.3, -0.25) is 0 Å². The third-order valence-corrected chi connectivity index (χ3v) is 6.26. The van der Waals surface area contributed by atoms with Crippen molar-refractivity contribution in [2.24, 2.45) is 0 Å². The van der Waals surface area contributed by atoms with Gasteiger partial charge in [0.25, 0.3) is 0 Å². The molecule has 0 unspecified atom stereocenters. The van der Waals surface area contributed by atoms with Crippen molar-refractivity contribution in [3.05, 3.63) is 27.1 Å². The van der Waals surface area contributed by atoms with Crippen molar-refractivity contribution in [3.63, 3.8) is 0 Å². The summed E-state index contributed by atoms with van der Waals surface area (Å²) in [6, 6.07) is 5.40. The molecule has 0 saturated heterocycles. The Morgan fingerprint density at radius 2 is 2.00 bits per heavy atom. The van der Waals surface area contributed by atoms with Gasteiger partial charge in [-0.25, -0.2) is 8.42 Å². The van der Waals surface area contributed by atoms with Gasteiger partial charge in [0.2, 0.25) is 10.0 Å². The van der Waals surface area contributed by atoms with Gasteiger partial charge >= 0.3 is 0 Å². The Kier molecular flexibility index (Phi) is 3.97. The highest BCUT2D eigenvalue weighted by Crippen LogP contribution is 2.34. The number of benzene rings is 1. The van der Waals surface area contributed by atoms with E-state index < -0.39 is 10.0 Å². The van der Waals surface area contributed by atoms with E-state index in [2.05, 4.69) is 31.9 Å². The number of halogens is 2. The van der Waals surface area contributed by atoms with Gasteiger partial charge in [-0.05, 0) is 47.0 Å². The minimum Gasteiger partial charge on any atom is -0.207 e. The monoisotopic (exact) mass is 381 g/mol. The Hall–Kier alpha value is 0.0900. The summed E-state index contributed by atoms with van der Waals surface area (Å²) >= 11 is 6.62. The topological polar surface area (TPSA) is 37.4 Å². The lowest BCUT2D eigenvalue weighted by atomic mass is 10.4. The smallest absolute Gasteiger partial charge is 0.207 e. The van der Waals surface area contributed by atoms with Crippen LogP contribution in [-0.2, 0) is 10.0 Å². The lowest BCUT2D eigenvalue weighted by molar-refractivity contribution is 0.420. The molecule has 6 heteroatoms. The number of nitrogens with zero attached hydrogens (tertiary/aromatic N) is 1. The molecule has 0 bridgehead atoms. The molecule has 0 heterocycles. The molecule has 0 atom stereocenters. The molecular weight excluding hydrogens is 370 g/mol. The van der Waals surface area contributed by atoms with Crippen LogP contribution < -0.4 is 0 Å². The third-order valence-electron chi connectivity index (χ3n) is 2.75. The Balaban J connectivity index is 2.46. The van der Waals surface area contributed by atoms with Crippen molar-refractivity contribution in [3.8, 4) is 0 Å². The summed E-state index contributed by atoms with van der Waals surface area (Å²) in [7, 11) is -3.38. The SMILES string of the molecule is CCN(C1CC1)S(=O)(=O)c1cc(Br)ccc1Br. The molecule has 1 saturated carbocycles. The summed E-state index contributed by atoms with van der Waals surface area (Å²) in [5, 5.41) is 0. The fourth-order valence-corrected chi connectivity index (χ4v) is 4.95. The van der Waals surface area contributed by atoms with E-state index in [0.717, 1.165) is 17.3 Å². The van der Waals surface area contributed by atoms with E-state index in [1.165, 1.54) is 0 Å². The molecule has 0 spiro atoms. The number of rotatable bonds is 4. The van der Waals surface area contributed by atoms with Gasteiger partial charge in [0.15, 0.2) is 0 Å². The summed E-state index contributed by atoms with van der Waals surface area (Å²) in [5.41, 5.74) is 0. The Morgan fingerprint density at radius 3 is 2.53 bits per heavy atom. The zero-order chi connectivity index (χ0) is 12.6. The van der Waals surface area contributed by atoms with Crippen LogP contribution in [0.5, 0.6) is 0 Å². The Labute approximate surface area is 119 Å². The highest BCUT2D eigenvalue weighted by molar-refractivity contribution is 9.11. The average molecular weight is 383 g/mol. The lowest BCUT2D eigenvalue weighted by Crippen LogP contribution is -2.33. The Morgan fingerprint density at radius 1 is 1.35 bits per heavy atom. The molecule has 0 amide bonds. The fourth-order valence-electron chi connectivity index (χ4n) is 1.79. The number of hydrogen-bond acceptors (Lipinski definition) is 2. The zero-order valence-electron chi connectivity index (χ0n) is 9.36. The van der Waals surface area contributed by atoms with E-state index in [9.17, 15) is 8.42 Å². The molecule has 0 aromatic heterocycles. The quantitative estimate of drug-likeness (QED) is 0.800. The van der Waals surface area contributed by atoms with Gasteiger partial charge < -0.3 is 0 Å². The van der Waals surface area contributed by atoms with Gasteiger partial charge in [0, 0.05) is 21.5 Å². The minimum absolute atomic E-state index is 0.191. The highest BCUT2D eigenvalue weighted by Gasteiger charge is 2.37. The molecule has 1 aliphatic rings. The predicted octanol–water partition coefficient (Wildman–Crippen LogP) is 3.38. The molecule has 0 aliphatic heterocycles. The first-order chi connectivity index (χ1) is 7.96. The van der Waals surface area contributed by atoms with E-state index >= 15 is 0 Å². The maximum Gasteiger partial charge on any atom is 0.244 e. The van der Waals surface area contributed by atoms with Crippen molar-refractivity contribution in [2.75, 3.05) is 6.54 Å². The number of hydrogen-bond donors (Lipinski definition) is 0. The second-order valence-electron chi connectivity index (χ2n) is 4.01. The van der Waals surface area contributed by atoms with E-state index in [4.69, 9.17) is 0 Å². The summed E-state index contributed by atoms with van der Waals surface area (Å²) in [4.78, 5) is 0.334. The van der Waals surface area contributed by atoms with Gasteiger partial charge in [0.1, 0.15) is 0 Å². The van der Waals surface area contributed by atoms with Crippen molar-refractivity contribution >= 4 is 41.9 Å². The van der Waals surface area contributed by atoms with Crippen LogP contribution in [-0.4, -0.2) is 25.3 Å². The molecular formula is C11H13Br2NO2S. The lowest BCUT2D eigenvalue weighted by Gasteiger charge is -2.20. The van der Waals surface area contributed by atoms with Crippen LogP contribution >= 0.6 is 31.9 Å². The summed E-state index contributed by atoms with van der Waals surface area (Å²) in [6.07, 6.45) is 1.94. The van der Waals surface area contributed by atoms with E-state index in [1.54, 1.807) is 16.4 Å². The molecule has 3 nitrogen and oxygen atoms in total. The van der Waals surface area contributed by atoms with Crippen molar-refractivity contribution in [1.29, 1.82) is 0 Å². The van der Waals surface area contributed by atoms with Crippen LogP contribution in [0, 0.1) is 0 Å². The van der Waals surface area contributed by atoms with Gasteiger partial charge in [0.05, 0.1) is 4.90 Å². The van der Waals surface area contributed by atoms with E-state index in [-0.39, 0.29) is 6.04 Å². The first-order valence-corrected chi connectivity index (χ1v) is 8.46. The largest absolute Gasteiger partial charge is 0.244 e. The fraction of sp³-hybridized carbons (Fsp3) is 0.455. The summed E-state index contributed by atoms with van der Waals surface area (Å²) in [5.74, 6) is 0. The second kappa shape index (κ2) is 4.99. The Bertz CT molecular complexity index is 526. The van der Waals surface area contributed by atoms with E-state index in [0.29, 0.717) is 15.9 Å². The van der Waals surface area contributed by atoms with Gasteiger partial charge in [-0.1, -0.05) is 22.9 Å². The van der Waals surface area contributed by atoms with Crippen LogP contribution in [0.1, 0.15) is 19.8 Å². The number of sulfonamides is 1. The molecule has 17 heavy (non-hydrogen) atoms. The van der Waals surface area contributed by atoms with Crippen molar-refractivity contribution < 1.29 is 8.42 Å². The zero-order valence-corrected chi connectivity index (χ0v) is 13.3. The highest BCUT2D eigenvalue weighted by atomic mass is 79.9. The first-order valence-electron chi connectivity index (χ1n) is 5.43. The molecule has 1 aromatic rings. The van der Waals surface area contributed by atoms with Crippen molar-refractivity contribution in [1.82, 2.24) is 4.31 Å². The molecule has 94 valence electrons. The second-order valence-corrected chi connectivity index (χ2v) is 7.64. The maximum absolute atomic E-state index is 12.5. The first kappa shape index (κ1) is 13.5. The van der Waals surface area contributed by atoms with Crippen LogP contribution in [0.15, 0.2) is 32.0 Å². The molecule has 0 N–H and O–H groups in total. The van der Waals surface area contributed by atoms with Crippen LogP contribution in [0.2, 0.25) is 0 Å². The molecule has 2 rings (SSSR count). The predicted molar refractivity (Wildman–Crippen MR) is 74.4 cm³/mol. The van der Waals surface area contributed by atoms with Crippen LogP contribution in [0.4, 0.5) is 0 Å². The molecule has 1 aliphatic carbocycles. The van der Waals surface area contributed by atoms with Gasteiger partial charge in [-0.2, -0.15) is 4.31 Å². The van der Waals surface area contributed by atoms with E-state index in [1.807, 2.05) is 13.0 Å². The van der Waals surface area contributed by atoms with Gasteiger partial charge in [-0.15, -0.1) is 0 Å². The standard InChI is InChI=1S/C11H13Br2NO2S/c1-2-14(9-4-5-9)17(15,16)11-7-8(12)3-6-10(11)13/h3,6-7,9H,2,4-5H2,1H3.